The number of halogens is 6. The average molecular weight is 496 g/mol. The molecule has 32 heavy (non-hydrogen) atoms. The Morgan fingerprint density at radius 2 is 1.62 bits per heavy atom. The number of hydrogen-bond acceptors (Lipinski definition) is 7. The minimum Gasteiger partial charge on any atom is -0.457 e. The van der Waals surface area contributed by atoms with Gasteiger partial charge in [-0.05, 0) is 48.3 Å². The number of benzene rings is 2. The van der Waals surface area contributed by atoms with E-state index in [9.17, 15) is 40.0 Å². The molecule has 0 saturated heterocycles. The lowest BCUT2D eigenvalue weighted by Gasteiger charge is -2.17. The predicted molar refractivity (Wildman–Crippen MR) is 99.7 cm³/mol. The first-order valence-electron chi connectivity index (χ1n) is 8.21. The number of sulfonamides is 1. The van der Waals surface area contributed by atoms with Crippen LogP contribution in [0.1, 0.15) is 16.7 Å². The van der Waals surface area contributed by atoms with Crippen LogP contribution in [0, 0.1) is 11.3 Å². The zero-order valence-electron chi connectivity index (χ0n) is 15.3. The van der Waals surface area contributed by atoms with E-state index in [0.717, 1.165) is 34.7 Å². The molecule has 1 heterocycles. The van der Waals surface area contributed by atoms with Crippen LogP contribution < -0.4 is 15.0 Å². The van der Waals surface area contributed by atoms with Gasteiger partial charge in [-0.15, -0.1) is 4.83 Å². The maximum Gasteiger partial charge on any atom is 0.416 e. The quantitative estimate of drug-likeness (QED) is 0.464. The molecule has 7 nitrogen and oxygen atoms in total. The average Bonchev–Trinajstić information content (AvgIpc) is 3.18. The molecule has 0 spiro atoms. The van der Waals surface area contributed by atoms with E-state index in [2.05, 4.69) is 10.3 Å². The van der Waals surface area contributed by atoms with E-state index in [4.69, 9.17) is 4.74 Å². The summed E-state index contributed by atoms with van der Waals surface area (Å²) in [5, 5.41) is 10.8. The van der Waals surface area contributed by atoms with Crippen molar-refractivity contribution < 1.29 is 39.5 Å². The van der Waals surface area contributed by atoms with E-state index in [-0.39, 0.29) is 11.8 Å². The molecule has 15 heteroatoms. The predicted octanol–water partition coefficient (Wildman–Crippen LogP) is 4.52. The Morgan fingerprint density at radius 3 is 2.12 bits per heavy atom. The van der Waals surface area contributed by atoms with Crippen molar-refractivity contribution in [3.63, 3.8) is 0 Å². The Balaban J connectivity index is 1.94. The zero-order chi connectivity index (χ0) is 23.7. The normalized spacial score (nSPS) is 14.8. The summed E-state index contributed by atoms with van der Waals surface area (Å²) in [5.74, 6) is -1.14. The number of hydrogen-bond donors (Lipinski definition) is 2. The number of ether oxygens (including phenoxy) is 1. The van der Waals surface area contributed by atoms with Crippen LogP contribution in [0.5, 0.6) is 11.5 Å². The third-order valence-corrected chi connectivity index (χ3v) is 5.93. The standard InChI is InChI=1S/C17H10F6N4O3S2/c18-16(19,20)11-6-12(17(21,22)23)8-14(7-11)30-13-1-2-15(10(5-13)9-24)32(28,29)26-27-25-3-4-31-27/h1-8,25-26H. The molecular weight excluding hydrogens is 486 g/mol. The van der Waals surface area contributed by atoms with Gasteiger partial charge in [-0.1, -0.05) is 4.52 Å². The Bertz CT molecular complexity index is 1170. The lowest BCUT2D eigenvalue weighted by atomic mass is 10.1. The monoisotopic (exact) mass is 496 g/mol. The van der Waals surface area contributed by atoms with Crippen molar-refractivity contribution in [1.29, 1.82) is 5.26 Å². The molecule has 0 fully saturated rings. The Hall–Kier alpha value is -2.93. The Morgan fingerprint density at radius 1 is 1.00 bits per heavy atom. The fourth-order valence-corrected chi connectivity index (χ4v) is 4.28. The molecule has 1 aliphatic heterocycles. The van der Waals surface area contributed by atoms with E-state index in [0.29, 0.717) is 12.1 Å². The number of nitriles is 1. The van der Waals surface area contributed by atoms with E-state index < -0.39 is 49.7 Å². The Labute approximate surface area is 181 Å². The molecule has 0 aliphatic carbocycles. The highest BCUT2D eigenvalue weighted by Gasteiger charge is 2.37. The number of nitrogens with zero attached hydrogens (tertiary/aromatic N) is 2. The molecule has 2 aromatic rings. The summed E-state index contributed by atoms with van der Waals surface area (Å²) >= 11 is 0.949. The van der Waals surface area contributed by atoms with Gasteiger partial charge in [0.25, 0.3) is 10.0 Å². The molecule has 1 aliphatic rings. The van der Waals surface area contributed by atoms with Crippen LogP contribution in [0.3, 0.4) is 0 Å². The lowest BCUT2D eigenvalue weighted by Crippen LogP contribution is -2.41. The van der Waals surface area contributed by atoms with Gasteiger partial charge in [0.1, 0.15) is 22.5 Å². The van der Waals surface area contributed by atoms with E-state index in [1.54, 1.807) is 6.07 Å². The lowest BCUT2D eigenvalue weighted by molar-refractivity contribution is -0.143. The van der Waals surface area contributed by atoms with Gasteiger partial charge in [-0.25, -0.2) is 8.42 Å². The first kappa shape index (κ1) is 23.7. The summed E-state index contributed by atoms with van der Waals surface area (Å²) in [4.78, 5) is 1.63. The molecule has 2 aromatic carbocycles. The second-order valence-electron chi connectivity index (χ2n) is 6.04. The molecule has 0 atom stereocenters. The van der Waals surface area contributed by atoms with Crippen LogP contribution in [0.25, 0.3) is 0 Å². The van der Waals surface area contributed by atoms with Crippen molar-refractivity contribution in [1.82, 2.24) is 14.8 Å². The summed E-state index contributed by atoms with van der Waals surface area (Å²) in [6, 6.07) is 5.06. The van der Waals surface area contributed by atoms with Crippen molar-refractivity contribution in [3.05, 3.63) is 64.7 Å². The molecule has 3 rings (SSSR count). The molecule has 0 aromatic heterocycles. The number of nitrogens with one attached hydrogen (secondary N) is 2. The van der Waals surface area contributed by atoms with Crippen LogP contribution in [-0.4, -0.2) is 12.9 Å². The Kier molecular flexibility index (Phi) is 6.33. The molecule has 0 saturated carbocycles. The molecule has 170 valence electrons. The van der Waals surface area contributed by atoms with Gasteiger partial charge in [0.15, 0.2) is 0 Å². The second kappa shape index (κ2) is 8.54. The van der Waals surface area contributed by atoms with E-state index in [1.807, 2.05) is 0 Å². The zero-order valence-corrected chi connectivity index (χ0v) is 17.0. The topological polar surface area (TPSA) is 94.5 Å². The highest BCUT2D eigenvalue weighted by Crippen LogP contribution is 2.39. The van der Waals surface area contributed by atoms with Gasteiger partial charge in [0.2, 0.25) is 0 Å². The molecule has 2 N–H and O–H groups in total. The van der Waals surface area contributed by atoms with E-state index in [1.165, 1.54) is 11.6 Å². The van der Waals surface area contributed by atoms with Crippen molar-refractivity contribution in [2.24, 2.45) is 0 Å². The minimum absolute atomic E-state index is 0.0613. The van der Waals surface area contributed by atoms with Gasteiger partial charge in [0.05, 0.1) is 16.7 Å². The smallest absolute Gasteiger partial charge is 0.416 e. The van der Waals surface area contributed by atoms with Crippen molar-refractivity contribution in [2.75, 3.05) is 0 Å². The first-order valence-corrected chi connectivity index (χ1v) is 10.5. The summed E-state index contributed by atoms with van der Waals surface area (Å²) in [6.45, 7) is 0. The third-order valence-electron chi connectivity index (χ3n) is 3.79. The summed E-state index contributed by atoms with van der Waals surface area (Å²) in [7, 11) is -4.25. The minimum atomic E-state index is -5.07. The van der Waals surface area contributed by atoms with E-state index >= 15 is 0 Å². The maximum atomic E-state index is 13.0. The van der Waals surface area contributed by atoms with Crippen molar-refractivity contribution in [2.45, 2.75) is 17.2 Å². The second-order valence-corrected chi connectivity index (χ2v) is 8.52. The van der Waals surface area contributed by atoms with Crippen molar-refractivity contribution in [3.8, 4) is 17.6 Å². The first-order chi connectivity index (χ1) is 14.8. The highest BCUT2D eigenvalue weighted by molar-refractivity contribution is 8.00. The third kappa shape index (κ3) is 5.46. The van der Waals surface area contributed by atoms with Gasteiger partial charge < -0.3 is 10.2 Å². The van der Waals surface area contributed by atoms with Gasteiger partial charge in [0, 0.05) is 11.6 Å². The van der Waals surface area contributed by atoms with Crippen LogP contribution in [0.2, 0.25) is 0 Å². The molecule has 0 amide bonds. The molecule has 0 radical (unpaired) electrons. The number of alkyl halides is 6. The SMILES string of the molecule is N#Cc1cc(Oc2cc(C(F)(F)F)cc(C(F)(F)F)c2)ccc1S(=O)(=O)NN1NC=CS1. The fourth-order valence-electron chi connectivity index (χ4n) is 2.44. The van der Waals surface area contributed by atoms with Gasteiger partial charge in [-0.3, -0.25) is 0 Å². The molecule has 0 unspecified atom stereocenters. The van der Waals surface area contributed by atoms with Crippen LogP contribution in [0.4, 0.5) is 26.3 Å². The summed E-state index contributed by atoms with van der Waals surface area (Å²) in [6.07, 6.45) is -8.71. The van der Waals surface area contributed by atoms with Crippen LogP contribution >= 0.6 is 11.9 Å². The maximum absolute atomic E-state index is 13.0. The molecule has 0 bridgehead atoms. The molecular formula is C17H10F6N4O3S2. The van der Waals surface area contributed by atoms with Crippen LogP contribution in [-0.2, 0) is 22.4 Å². The number of rotatable bonds is 5. The summed E-state index contributed by atoms with van der Waals surface area (Å²) < 4.78 is 109. The fraction of sp³-hybridized carbons (Fsp3) is 0.118. The van der Waals surface area contributed by atoms with Crippen molar-refractivity contribution >= 4 is 22.0 Å². The van der Waals surface area contributed by atoms with Gasteiger partial charge >= 0.3 is 12.4 Å². The van der Waals surface area contributed by atoms with Crippen LogP contribution in [0.15, 0.2) is 52.9 Å². The summed E-state index contributed by atoms with van der Waals surface area (Å²) in [5.41, 5.74) is -1.09. The largest absolute Gasteiger partial charge is 0.457 e. The highest BCUT2D eigenvalue weighted by atomic mass is 32.2. The number of hydrazine groups is 2. The van der Waals surface area contributed by atoms with Gasteiger partial charge in [-0.2, -0.15) is 31.6 Å².